The fourth-order valence-corrected chi connectivity index (χ4v) is 4.33. The molecule has 1 N–H and O–H groups in total. The Morgan fingerprint density at radius 3 is 2.61 bits per heavy atom. The molecule has 38 heavy (non-hydrogen) atoms. The van der Waals surface area contributed by atoms with Crippen LogP contribution >= 0.6 is 11.6 Å². The summed E-state index contributed by atoms with van der Waals surface area (Å²) in [7, 11) is 0. The highest BCUT2D eigenvalue weighted by atomic mass is 35.5. The number of piperidine rings is 1. The lowest BCUT2D eigenvalue weighted by Gasteiger charge is -2.37. The van der Waals surface area contributed by atoms with Crippen LogP contribution in [0.3, 0.4) is 0 Å². The van der Waals surface area contributed by atoms with Crippen LogP contribution in [-0.4, -0.2) is 56.6 Å². The highest BCUT2D eigenvalue weighted by Crippen LogP contribution is 2.35. The van der Waals surface area contributed by atoms with E-state index in [9.17, 15) is 19.2 Å². The van der Waals surface area contributed by atoms with Gasteiger partial charge in [0, 0.05) is 50.6 Å². The van der Waals surface area contributed by atoms with Crippen LogP contribution < -0.4 is 20.5 Å². The number of fused-ring (bicyclic) bond motifs is 2. The molecule has 12 nitrogen and oxygen atoms in total. The van der Waals surface area contributed by atoms with E-state index >= 15 is 0 Å². The molecule has 4 heterocycles. The third kappa shape index (κ3) is 6.13. The van der Waals surface area contributed by atoms with Crippen LogP contribution in [0.1, 0.15) is 51.0 Å². The van der Waals surface area contributed by atoms with Crippen molar-refractivity contribution >= 4 is 35.1 Å². The van der Waals surface area contributed by atoms with E-state index in [1.165, 1.54) is 0 Å². The van der Waals surface area contributed by atoms with Crippen molar-refractivity contribution in [3.63, 3.8) is 0 Å². The predicted octanol–water partition coefficient (Wildman–Crippen LogP) is 2.25. The number of rotatable bonds is 7. The first kappa shape index (κ1) is 27.1. The minimum atomic E-state index is -2.13. The van der Waals surface area contributed by atoms with Gasteiger partial charge in [0.2, 0.25) is 0 Å². The SMILES string of the molecule is CCCCC1(C(=O)N2CCCCC2)OC(=O)/C=C/C(=O)On2nc(c(NCc3cccnc3)c(Cl)c2=O)O1. The topological polar surface area (TPSA) is 142 Å². The Kier molecular flexibility index (Phi) is 8.62. The smallest absolute Gasteiger partial charge is 0.358 e. The minimum Gasteiger partial charge on any atom is -0.423 e. The zero-order valence-electron chi connectivity index (χ0n) is 20.9. The average molecular weight is 546 g/mol. The van der Waals surface area contributed by atoms with Crippen LogP contribution in [-0.2, 0) is 25.7 Å². The number of nitrogens with one attached hydrogen (secondary N) is 1. The molecule has 0 aliphatic carbocycles. The molecule has 1 unspecified atom stereocenters. The fraction of sp³-hybridized carbons (Fsp3) is 0.440. The molecule has 202 valence electrons. The number of aromatic nitrogens is 3. The predicted molar refractivity (Wildman–Crippen MR) is 135 cm³/mol. The third-order valence-corrected chi connectivity index (χ3v) is 6.41. The summed E-state index contributed by atoms with van der Waals surface area (Å²) in [6, 6.07) is 3.53. The second-order valence-corrected chi connectivity index (χ2v) is 9.24. The van der Waals surface area contributed by atoms with Crippen molar-refractivity contribution in [3.8, 4) is 5.88 Å². The molecule has 0 aromatic carbocycles. The summed E-state index contributed by atoms with van der Waals surface area (Å²) in [6.07, 6.45) is 8.45. The molecule has 2 aliphatic rings. The number of likely N-dealkylation sites (tertiary alicyclic amines) is 1. The van der Waals surface area contributed by atoms with Crippen molar-refractivity contribution in [1.82, 2.24) is 19.8 Å². The number of amides is 1. The number of esters is 1. The van der Waals surface area contributed by atoms with Crippen LogP contribution in [0.4, 0.5) is 5.69 Å². The van der Waals surface area contributed by atoms with E-state index in [-0.39, 0.29) is 24.5 Å². The number of nitrogens with zero attached hydrogens (tertiary/aromatic N) is 4. The molecule has 2 aliphatic heterocycles. The Labute approximate surface area is 223 Å². The maximum Gasteiger partial charge on any atom is 0.358 e. The molecule has 1 amide bonds. The molecule has 1 saturated heterocycles. The molecular weight excluding hydrogens is 518 g/mol. The number of cyclic esters (lactones) is 1. The van der Waals surface area contributed by atoms with Gasteiger partial charge in [0.15, 0.2) is 0 Å². The van der Waals surface area contributed by atoms with Crippen LogP contribution in [0.25, 0.3) is 0 Å². The van der Waals surface area contributed by atoms with Gasteiger partial charge in [0.25, 0.3) is 5.88 Å². The van der Waals surface area contributed by atoms with Crippen LogP contribution in [0.5, 0.6) is 5.88 Å². The number of hydrogen-bond acceptors (Lipinski definition) is 10. The summed E-state index contributed by atoms with van der Waals surface area (Å²) in [4.78, 5) is 62.8. The number of unbranched alkanes of at least 4 members (excludes halogenated alkanes) is 1. The normalized spacial score (nSPS) is 20.4. The molecule has 4 rings (SSSR count). The third-order valence-electron chi connectivity index (χ3n) is 6.06. The van der Waals surface area contributed by atoms with Crippen LogP contribution in [0.2, 0.25) is 5.02 Å². The highest BCUT2D eigenvalue weighted by Gasteiger charge is 2.49. The van der Waals surface area contributed by atoms with Crippen LogP contribution in [0, 0.1) is 0 Å². The van der Waals surface area contributed by atoms with E-state index in [0.29, 0.717) is 30.8 Å². The summed E-state index contributed by atoms with van der Waals surface area (Å²) in [5.74, 6) is -5.14. The second kappa shape index (κ2) is 12.1. The Morgan fingerprint density at radius 1 is 1.13 bits per heavy atom. The molecule has 13 heteroatoms. The van der Waals surface area contributed by atoms with E-state index in [2.05, 4.69) is 15.4 Å². The summed E-state index contributed by atoms with van der Waals surface area (Å²) >= 11 is 6.40. The van der Waals surface area contributed by atoms with Gasteiger partial charge in [-0.2, -0.15) is 0 Å². The van der Waals surface area contributed by atoms with Crippen molar-refractivity contribution in [1.29, 1.82) is 0 Å². The molecule has 2 aromatic heterocycles. The van der Waals surface area contributed by atoms with Crippen molar-refractivity contribution in [3.05, 3.63) is 57.6 Å². The fourth-order valence-electron chi connectivity index (χ4n) is 4.11. The Bertz CT molecular complexity index is 1280. The maximum absolute atomic E-state index is 13.9. The van der Waals surface area contributed by atoms with E-state index in [0.717, 1.165) is 37.0 Å². The van der Waals surface area contributed by atoms with Crippen molar-refractivity contribution in [2.75, 3.05) is 18.4 Å². The number of carbonyl (C=O) groups excluding carboxylic acids is 3. The Morgan fingerprint density at radius 2 is 1.89 bits per heavy atom. The molecule has 1 fully saturated rings. The molecular formula is C25H28ClN5O7. The van der Waals surface area contributed by atoms with Crippen molar-refractivity contribution < 1.29 is 28.7 Å². The van der Waals surface area contributed by atoms with Gasteiger partial charge in [0.1, 0.15) is 10.7 Å². The summed E-state index contributed by atoms with van der Waals surface area (Å²) in [5.41, 5.74) is -0.272. The average Bonchev–Trinajstić information content (AvgIpc) is 2.95. The van der Waals surface area contributed by atoms with E-state index in [1.807, 2.05) is 6.92 Å². The molecule has 2 bridgehead atoms. The minimum absolute atomic E-state index is 0.00626. The van der Waals surface area contributed by atoms with Gasteiger partial charge in [-0.3, -0.25) is 14.6 Å². The first-order chi connectivity index (χ1) is 18.3. The van der Waals surface area contributed by atoms with E-state index < -0.39 is 34.2 Å². The molecule has 0 spiro atoms. The first-order valence-electron chi connectivity index (χ1n) is 12.4. The Balaban J connectivity index is 1.84. The highest BCUT2D eigenvalue weighted by molar-refractivity contribution is 6.33. The number of hydrogen-bond donors (Lipinski definition) is 1. The number of carbonyl (C=O) groups is 3. The largest absolute Gasteiger partial charge is 0.423 e. The van der Waals surface area contributed by atoms with Crippen LogP contribution in [0.15, 0.2) is 41.5 Å². The summed E-state index contributed by atoms with van der Waals surface area (Å²) in [6.45, 7) is 3.00. The van der Waals surface area contributed by atoms with Gasteiger partial charge in [-0.05, 0) is 42.2 Å². The maximum atomic E-state index is 13.9. The lowest BCUT2D eigenvalue weighted by atomic mass is 10.0. The van der Waals surface area contributed by atoms with Crippen molar-refractivity contribution in [2.45, 2.75) is 57.8 Å². The second-order valence-electron chi connectivity index (χ2n) is 8.86. The molecule has 1 atom stereocenters. The number of halogens is 1. The lowest BCUT2D eigenvalue weighted by Crippen LogP contribution is -2.56. The first-order valence-corrected chi connectivity index (χ1v) is 12.8. The van der Waals surface area contributed by atoms with Gasteiger partial charge in [0.05, 0.1) is 0 Å². The monoisotopic (exact) mass is 545 g/mol. The molecule has 0 saturated carbocycles. The standard InChI is InChI=1S/C25H28ClN5O7/c1-2-3-11-25(24(35)30-13-5-4-6-14-30)36-18(32)9-10-19(33)38-31-23(34)20(26)21(22(29-31)37-25)28-16-17-8-7-12-27-15-17/h7-10,12,15,28H,2-6,11,13-14,16H2,1H3/b10-9+. The van der Waals surface area contributed by atoms with Gasteiger partial charge in [-0.15, -0.1) is 0 Å². The van der Waals surface area contributed by atoms with E-state index in [1.54, 1.807) is 29.4 Å². The molecule has 0 radical (unpaired) electrons. The molecule has 2 aromatic rings. The summed E-state index contributed by atoms with van der Waals surface area (Å²) in [5, 5.41) is 6.62. The number of anilines is 1. The van der Waals surface area contributed by atoms with Gasteiger partial charge in [-0.25, -0.2) is 9.59 Å². The summed E-state index contributed by atoms with van der Waals surface area (Å²) < 4.78 is 11.8. The van der Waals surface area contributed by atoms with Gasteiger partial charge >= 0.3 is 29.2 Å². The Hall–Kier alpha value is -3.93. The quantitative estimate of drug-likeness (QED) is 0.515. The lowest BCUT2D eigenvalue weighted by molar-refractivity contribution is -0.210. The zero-order valence-corrected chi connectivity index (χ0v) is 21.6. The van der Waals surface area contributed by atoms with Crippen molar-refractivity contribution in [2.24, 2.45) is 0 Å². The zero-order chi connectivity index (χ0) is 27.1. The number of pyridine rings is 1. The van der Waals surface area contributed by atoms with Gasteiger partial charge < -0.3 is 24.5 Å². The number of ether oxygens (including phenoxy) is 2. The van der Waals surface area contributed by atoms with Gasteiger partial charge in [-0.1, -0.05) is 36.1 Å². The van der Waals surface area contributed by atoms with E-state index in [4.69, 9.17) is 25.9 Å².